The van der Waals surface area contributed by atoms with Crippen molar-refractivity contribution in [2.24, 2.45) is 5.41 Å². The molecule has 168 valence electrons. The number of rotatable bonds is 7. The number of carbonyl (C=O) groups is 1. The summed E-state index contributed by atoms with van der Waals surface area (Å²) >= 11 is 0. The van der Waals surface area contributed by atoms with Gasteiger partial charge in [-0.1, -0.05) is 44.9 Å². The van der Waals surface area contributed by atoms with Crippen LogP contribution in [0.4, 0.5) is 11.4 Å². The number of benzene rings is 2. The Bertz CT molecular complexity index is 1040. The van der Waals surface area contributed by atoms with Crippen LogP contribution in [0, 0.1) is 5.41 Å². The summed E-state index contributed by atoms with van der Waals surface area (Å²) in [6, 6.07) is 12.8. The number of ether oxygens (including phenoxy) is 2. The molecular formula is C24H31NO5S. The van der Waals surface area contributed by atoms with Gasteiger partial charge in [0.15, 0.2) is 9.84 Å². The fraction of sp³-hybridized carbons (Fsp3) is 0.458. The first-order chi connectivity index (χ1) is 14.8. The largest absolute Gasteiger partial charge is 0.496 e. The minimum absolute atomic E-state index is 0.0414. The van der Waals surface area contributed by atoms with Crippen LogP contribution in [0.3, 0.4) is 0 Å². The molecule has 0 radical (unpaired) electrons. The maximum atomic E-state index is 13.7. The van der Waals surface area contributed by atoms with Crippen molar-refractivity contribution >= 4 is 27.2 Å². The van der Waals surface area contributed by atoms with Crippen LogP contribution >= 0.6 is 0 Å². The number of para-hydroxylation sites is 1. The maximum absolute atomic E-state index is 13.7. The van der Waals surface area contributed by atoms with Gasteiger partial charge in [0.1, 0.15) is 11.3 Å². The summed E-state index contributed by atoms with van der Waals surface area (Å²) in [7, 11) is -0.933. The second kappa shape index (κ2) is 9.30. The third kappa shape index (κ3) is 4.56. The molecule has 0 aliphatic carbocycles. The molecule has 0 bridgehead atoms. The van der Waals surface area contributed by atoms with Crippen LogP contribution in [0.2, 0.25) is 0 Å². The molecule has 0 spiro atoms. The first kappa shape index (κ1) is 23.1. The van der Waals surface area contributed by atoms with Crippen molar-refractivity contribution < 1.29 is 22.7 Å². The van der Waals surface area contributed by atoms with Gasteiger partial charge < -0.3 is 14.4 Å². The van der Waals surface area contributed by atoms with Gasteiger partial charge in [-0.15, -0.1) is 0 Å². The predicted octanol–water partition coefficient (Wildman–Crippen LogP) is 4.99. The zero-order valence-electron chi connectivity index (χ0n) is 18.7. The standard InChI is InChI=1S/C24H31NO5S/c1-5-7-13-24(6-2)16-25(18-11-9-8-10-12-18)20-15-21(29-3)19(23(26)30-4)14-22(20)31(27,28)17-24/h8-12,14-15H,5-7,13,16-17H2,1-4H3. The van der Waals surface area contributed by atoms with Gasteiger partial charge in [-0.2, -0.15) is 0 Å². The minimum Gasteiger partial charge on any atom is -0.496 e. The van der Waals surface area contributed by atoms with Crippen molar-refractivity contribution in [3.63, 3.8) is 0 Å². The lowest BCUT2D eigenvalue weighted by atomic mass is 9.81. The van der Waals surface area contributed by atoms with Crippen LogP contribution in [0.15, 0.2) is 47.4 Å². The number of esters is 1. The second-order valence-corrected chi connectivity index (χ2v) is 10.1. The number of anilines is 2. The summed E-state index contributed by atoms with van der Waals surface area (Å²) in [4.78, 5) is 14.5. The van der Waals surface area contributed by atoms with Gasteiger partial charge in [0, 0.05) is 23.7 Å². The summed E-state index contributed by atoms with van der Waals surface area (Å²) in [5.74, 6) is -0.294. The number of unbranched alkanes of at least 4 members (excludes halogenated alkanes) is 1. The van der Waals surface area contributed by atoms with E-state index in [2.05, 4.69) is 18.7 Å². The van der Waals surface area contributed by atoms with E-state index in [1.165, 1.54) is 20.3 Å². The summed E-state index contributed by atoms with van der Waals surface area (Å²) in [6.07, 6.45) is 3.52. The van der Waals surface area contributed by atoms with Crippen molar-refractivity contribution in [2.45, 2.75) is 44.4 Å². The van der Waals surface area contributed by atoms with E-state index in [-0.39, 0.29) is 16.2 Å². The Balaban J connectivity index is 2.30. The Morgan fingerprint density at radius 3 is 2.42 bits per heavy atom. The number of fused-ring (bicyclic) bond motifs is 1. The van der Waals surface area contributed by atoms with Gasteiger partial charge in [0.25, 0.3) is 0 Å². The zero-order valence-corrected chi connectivity index (χ0v) is 19.5. The third-order valence-electron chi connectivity index (χ3n) is 6.18. The highest BCUT2D eigenvalue weighted by molar-refractivity contribution is 7.91. The average molecular weight is 446 g/mol. The van der Waals surface area contributed by atoms with Gasteiger partial charge in [-0.3, -0.25) is 0 Å². The maximum Gasteiger partial charge on any atom is 0.341 e. The monoisotopic (exact) mass is 445 g/mol. The molecule has 0 amide bonds. The van der Waals surface area contributed by atoms with Crippen molar-refractivity contribution in [3.05, 3.63) is 48.0 Å². The van der Waals surface area contributed by atoms with Crippen LogP contribution in [0.1, 0.15) is 49.9 Å². The highest BCUT2D eigenvalue weighted by Crippen LogP contribution is 2.46. The van der Waals surface area contributed by atoms with Gasteiger partial charge in [0.2, 0.25) is 0 Å². The molecule has 7 heteroatoms. The van der Waals surface area contributed by atoms with E-state index in [4.69, 9.17) is 9.47 Å². The highest BCUT2D eigenvalue weighted by atomic mass is 32.2. The molecule has 0 fully saturated rings. The van der Waals surface area contributed by atoms with E-state index in [0.29, 0.717) is 18.0 Å². The number of carbonyl (C=O) groups excluding carboxylic acids is 1. The number of sulfone groups is 1. The van der Waals surface area contributed by atoms with Crippen molar-refractivity contribution in [2.75, 3.05) is 31.4 Å². The normalized spacial score (nSPS) is 19.9. The summed E-state index contributed by atoms with van der Waals surface area (Å²) in [6.45, 7) is 4.75. The Kier molecular flexibility index (Phi) is 6.94. The molecule has 1 unspecified atom stereocenters. The lowest BCUT2D eigenvalue weighted by Gasteiger charge is -2.36. The van der Waals surface area contributed by atoms with Crippen molar-refractivity contribution in [1.29, 1.82) is 0 Å². The highest BCUT2D eigenvalue weighted by Gasteiger charge is 2.42. The quantitative estimate of drug-likeness (QED) is 0.559. The van der Waals surface area contributed by atoms with Gasteiger partial charge in [-0.05, 0) is 31.0 Å². The molecule has 1 aliphatic rings. The molecule has 0 saturated heterocycles. The molecule has 0 aromatic heterocycles. The zero-order chi connectivity index (χ0) is 22.6. The second-order valence-electron chi connectivity index (χ2n) is 8.15. The number of methoxy groups -OCH3 is 2. The van der Waals surface area contributed by atoms with Gasteiger partial charge >= 0.3 is 5.97 Å². The topological polar surface area (TPSA) is 72.9 Å². The lowest BCUT2D eigenvalue weighted by molar-refractivity contribution is 0.0597. The molecule has 0 saturated carbocycles. The Labute approximate surface area is 185 Å². The molecule has 6 nitrogen and oxygen atoms in total. The fourth-order valence-electron chi connectivity index (χ4n) is 4.33. The van der Waals surface area contributed by atoms with E-state index in [9.17, 15) is 13.2 Å². The first-order valence-corrected chi connectivity index (χ1v) is 12.3. The number of hydrogen-bond donors (Lipinski definition) is 0. The van der Waals surface area contributed by atoms with Crippen LogP contribution in [0.5, 0.6) is 5.75 Å². The minimum atomic E-state index is -3.66. The Morgan fingerprint density at radius 2 is 1.84 bits per heavy atom. The Hall–Kier alpha value is -2.54. The molecule has 3 rings (SSSR count). The summed E-state index contributed by atoms with van der Waals surface area (Å²) in [5.41, 5.74) is 1.14. The molecule has 2 aromatic rings. The number of hydrogen-bond acceptors (Lipinski definition) is 6. The fourth-order valence-corrected chi connectivity index (χ4v) is 6.51. The predicted molar refractivity (Wildman–Crippen MR) is 122 cm³/mol. The summed E-state index contributed by atoms with van der Waals surface area (Å²) in [5, 5.41) is 0. The molecule has 1 atom stereocenters. The molecule has 1 aliphatic heterocycles. The van der Waals surface area contributed by atoms with Gasteiger partial charge in [0.05, 0.1) is 30.6 Å². The smallest absolute Gasteiger partial charge is 0.341 e. The van der Waals surface area contributed by atoms with Crippen molar-refractivity contribution in [3.8, 4) is 5.75 Å². The molecule has 31 heavy (non-hydrogen) atoms. The van der Waals surface area contributed by atoms with Gasteiger partial charge in [-0.25, -0.2) is 13.2 Å². The first-order valence-electron chi connectivity index (χ1n) is 10.7. The molecule has 2 aromatic carbocycles. The van der Waals surface area contributed by atoms with E-state index < -0.39 is 21.2 Å². The molecular weight excluding hydrogens is 414 g/mol. The third-order valence-corrected chi connectivity index (χ3v) is 8.17. The van der Waals surface area contributed by atoms with E-state index in [1.807, 2.05) is 30.3 Å². The SMILES string of the molecule is CCCCC1(CC)CN(c2ccccc2)c2cc(OC)c(C(=O)OC)cc2S(=O)(=O)C1. The van der Waals surface area contributed by atoms with Crippen LogP contribution in [-0.2, 0) is 14.6 Å². The van der Waals surface area contributed by atoms with E-state index >= 15 is 0 Å². The average Bonchev–Trinajstić information content (AvgIpc) is 2.89. The van der Waals surface area contributed by atoms with Crippen LogP contribution in [0.25, 0.3) is 0 Å². The molecule has 0 N–H and O–H groups in total. The van der Waals surface area contributed by atoms with E-state index in [0.717, 1.165) is 31.4 Å². The number of nitrogens with zero attached hydrogens (tertiary/aromatic N) is 1. The Morgan fingerprint density at radius 1 is 1.13 bits per heavy atom. The van der Waals surface area contributed by atoms with Crippen molar-refractivity contribution in [1.82, 2.24) is 0 Å². The molecule has 1 heterocycles. The van der Waals surface area contributed by atoms with Crippen LogP contribution in [-0.4, -0.2) is 40.9 Å². The van der Waals surface area contributed by atoms with E-state index in [1.54, 1.807) is 6.07 Å². The lowest BCUT2D eigenvalue weighted by Crippen LogP contribution is -2.37. The van der Waals surface area contributed by atoms with Crippen LogP contribution < -0.4 is 9.64 Å². The summed E-state index contributed by atoms with van der Waals surface area (Å²) < 4.78 is 37.6.